The maximum absolute atomic E-state index is 8.23. The van der Waals surface area contributed by atoms with Crippen LogP contribution in [0.1, 0.15) is 12.8 Å². The molecule has 3 nitrogen and oxygen atoms in total. The second-order valence-electron chi connectivity index (χ2n) is 1.96. The van der Waals surface area contributed by atoms with Crippen LogP contribution in [-0.4, -0.2) is 18.0 Å². The fraction of sp³-hybridized carbons (Fsp3) is 0.571. The van der Waals surface area contributed by atoms with Gasteiger partial charge in [0.05, 0.1) is 25.1 Å². The van der Waals surface area contributed by atoms with E-state index in [0.717, 1.165) is 4.86 Å². The zero-order chi connectivity index (χ0) is 8.53. The molecule has 0 aromatic rings. The van der Waals surface area contributed by atoms with Crippen LogP contribution in [0, 0.1) is 22.7 Å². The molecule has 0 aliphatic rings. The number of nitriles is 2. The minimum Gasteiger partial charge on any atom is -0.304 e. The first kappa shape index (κ1) is 10.0. The molecule has 11 heavy (non-hydrogen) atoms. The van der Waals surface area contributed by atoms with Crippen molar-refractivity contribution in [2.45, 2.75) is 12.8 Å². The number of thiocarbonyl (C=S) groups is 1. The number of hydrogen-bond donors (Lipinski definition) is 1. The van der Waals surface area contributed by atoms with Crippen LogP contribution in [0.5, 0.6) is 0 Å². The van der Waals surface area contributed by atoms with Crippen molar-refractivity contribution in [2.24, 2.45) is 0 Å². The Morgan fingerprint density at radius 3 is 2.64 bits per heavy atom. The van der Waals surface area contributed by atoms with Crippen molar-refractivity contribution in [3.05, 3.63) is 0 Å². The number of nitrogens with zero attached hydrogens (tertiary/aromatic N) is 2. The fourth-order valence-corrected chi connectivity index (χ4v) is 0.715. The monoisotopic (exact) mass is 167 g/mol. The van der Waals surface area contributed by atoms with Gasteiger partial charge in [0.25, 0.3) is 0 Å². The number of rotatable bonds is 5. The Hall–Kier alpha value is -0.970. The van der Waals surface area contributed by atoms with E-state index < -0.39 is 0 Å². The molecule has 0 saturated carbocycles. The van der Waals surface area contributed by atoms with E-state index in [4.69, 9.17) is 22.7 Å². The zero-order valence-electron chi connectivity index (χ0n) is 6.13. The maximum Gasteiger partial charge on any atom is 0.0841 e. The van der Waals surface area contributed by atoms with Gasteiger partial charge < -0.3 is 5.32 Å². The summed E-state index contributed by atoms with van der Waals surface area (Å²) < 4.78 is 0. The molecule has 0 aliphatic heterocycles. The van der Waals surface area contributed by atoms with Gasteiger partial charge in [0, 0.05) is 11.4 Å². The Bertz CT molecular complexity index is 199. The minimum absolute atomic E-state index is 0.337. The van der Waals surface area contributed by atoms with Gasteiger partial charge >= 0.3 is 0 Å². The first-order valence-electron chi connectivity index (χ1n) is 3.27. The molecule has 0 unspecified atom stereocenters. The lowest BCUT2D eigenvalue weighted by atomic mass is 10.2. The Morgan fingerprint density at radius 1 is 1.36 bits per heavy atom. The third-order valence-electron chi connectivity index (χ3n) is 1.06. The summed E-state index contributed by atoms with van der Waals surface area (Å²) in [6, 6.07) is 3.93. The van der Waals surface area contributed by atoms with E-state index in [1.807, 2.05) is 12.1 Å². The maximum atomic E-state index is 8.23. The van der Waals surface area contributed by atoms with Crippen LogP contribution in [0.2, 0.25) is 0 Å². The van der Waals surface area contributed by atoms with Gasteiger partial charge in [-0.2, -0.15) is 10.5 Å². The molecule has 0 rings (SSSR count). The molecule has 0 amide bonds. The molecule has 0 spiro atoms. The highest BCUT2D eigenvalue weighted by Crippen LogP contribution is 1.89. The first-order valence-corrected chi connectivity index (χ1v) is 3.68. The van der Waals surface area contributed by atoms with E-state index in [2.05, 4.69) is 5.32 Å². The summed E-state index contributed by atoms with van der Waals surface area (Å²) in [6.07, 6.45) is 1.04. The Labute approximate surface area is 71.6 Å². The van der Waals surface area contributed by atoms with E-state index in [1.165, 1.54) is 0 Å². The second-order valence-corrected chi connectivity index (χ2v) is 2.54. The summed E-state index contributed by atoms with van der Waals surface area (Å²) in [4.78, 5) is 0.748. The molecule has 0 bridgehead atoms. The molecular formula is C7H9N3S. The standard InChI is InChI=1S/C7H9N3S/c8-3-1-7(11)2-5-10-6-4-9/h10H,1-2,5-6H2. The number of nitrogens with one attached hydrogen (secondary N) is 1. The van der Waals surface area contributed by atoms with Crippen LogP contribution in [0.15, 0.2) is 0 Å². The molecule has 0 aromatic heterocycles. The molecule has 0 heterocycles. The molecule has 0 aromatic carbocycles. The normalized spacial score (nSPS) is 8.18. The summed E-state index contributed by atoms with van der Waals surface area (Å²) in [5.41, 5.74) is 0. The first-order chi connectivity index (χ1) is 5.31. The minimum atomic E-state index is 0.337. The van der Waals surface area contributed by atoms with Gasteiger partial charge in [0.2, 0.25) is 0 Å². The van der Waals surface area contributed by atoms with E-state index in [0.29, 0.717) is 25.9 Å². The van der Waals surface area contributed by atoms with Crippen LogP contribution in [-0.2, 0) is 0 Å². The molecular weight excluding hydrogens is 158 g/mol. The molecule has 58 valence electrons. The summed E-state index contributed by atoms with van der Waals surface area (Å²) >= 11 is 4.86. The van der Waals surface area contributed by atoms with Crippen LogP contribution >= 0.6 is 12.2 Å². The number of hydrogen-bond acceptors (Lipinski definition) is 4. The predicted molar refractivity (Wildman–Crippen MR) is 45.9 cm³/mol. The molecule has 0 aliphatic carbocycles. The summed E-state index contributed by atoms with van der Waals surface area (Å²) in [5.74, 6) is 0. The highest BCUT2D eigenvalue weighted by molar-refractivity contribution is 7.80. The smallest absolute Gasteiger partial charge is 0.0841 e. The second kappa shape index (κ2) is 7.14. The lowest BCUT2D eigenvalue weighted by Crippen LogP contribution is -2.17. The van der Waals surface area contributed by atoms with Crippen LogP contribution in [0.3, 0.4) is 0 Å². The van der Waals surface area contributed by atoms with Crippen molar-refractivity contribution < 1.29 is 0 Å². The van der Waals surface area contributed by atoms with E-state index in [1.54, 1.807) is 0 Å². The Morgan fingerprint density at radius 2 is 2.09 bits per heavy atom. The van der Waals surface area contributed by atoms with Gasteiger partial charge in [0.15, 0.2) is 0 Å². The molecule has 4 heteroatoms. The van der Waals surface area contributed by atoms with Crippen LogP contribution in [0.4, 0.5) is 0 Å². The van der Waals surface area contributed by atoms with Crippen LogP contribution in [0.25, 0.3) is 0 Å². The quantitative estimate of drug-likeness (QED) is 0.373. The van der Waals surface area contributed by atoms with E-state index in [-0.39, 0.29) is 0 Å². The van der Waals surface area contributed by atoms with Gasteiger partial charge in [0.1, 0.15) is 0 Å². The van der Waals surface area contributed by atoms with Crippen molar-refractivity contribution in [3.63, 3.8) is 0 Å². The van der Waals surface area contributed by atoms with Gasteiger partial charge in [-0.05, 0) is 6.42 Å². The summed E-state index contributed by atoms with van der Waals surface area (Å²) in [7, 11) is 0. The lowest BCUT2D eigenvalue weighted by Gasteiger charge is -1.97. The topological polar surface area (TPSA) is 59.6 Å². The van der Waals surface area contributed by atoms with Gasteiger partial charge in [-0.25, -0.2) is 0 Å². The summed E-state index contributed by atoms with van der Waals surface area (Å²) in [6.45, 7) is 1.03. The van der Waals surface area contributed by atoms with Gasteiger partial charge in [-0.1, -0.05) is 12.2 Å². The average molecular weight is 167 g/mol. The molecule has 1 N–H and O–H groups in total. The van der Waals surface area contributed by atoms with E-state index in [9.17, 15) is 0 Å². The Kier molecular flexibility index (Phi) is 6.51. The highest BCUT2D eigenvalue weighted by Gasteiger charge is 1.93. The average Bonchev–Trinajstić information content (AvgIpc) is 1.99. The third kappa shape index (κ3) is 6.92. The Balaban J connectivity index is 3.20. The lowest BCUT2D eigenvalue weighted by molar-refractivity contribution is 0.775. The van der Waals surface area contributed by atoms with Crippen molar-refractivity contribution in [1.82, 2.24) is 5.32 Å². The van der Waals surface area contributed by atoms with Gasteiger partial charge in [-0.15, -0.1) is 0 Å². The third-order valence-corrected chi connectivity index (χ3v) is 1.41. The molecule has 0 atom stereocenters. The van der Waals surface area contributed by atoms with E-state index >= 15 is 0 Å². The van der Waals surface area contributed by atoms with Crippen molar-refractivity contribution >= 4 is 17.1 Å². The summed E-state index contributed by atoms with van der Waals surface area (Å²) in [5, 5.41) is 19.2. The fourth-order valence-electron chi connectivity index (χ4n) is 0.549. The highest BCUT2D eigenvalue weighted by atomic mass is 32.1. The zero-order valence-corrected chi connectivity index (χ0v) is 6.95. The molecule has 0 radical (unpaired) electrons. The van der Waals surface area contributed by atoms with Crippen LogP contribution < -0.4 is 5.32 Å². The SMILES string of the molecule is N#CCNCCC(=S)CC#N. The molecule has 0 fully saturated rings. The largest absolute Gasteiger partial charge is 0.304 e. The predicted octanol–water partition coefficient (Wildman–Crippen LogP) is 0.773. The van der Waals surface area contributed by atoms with Crippen molar-refractivity contribution in [3.8, 4) is 12.1 Å². The molecule has 0 saturated heterocycles. The van der Waals surface area contributed by atoms with Crippen molar-refractivity contribution in [1.29, 1.82) is 10.5 Å². The van der Waals surface area contributed by atoms with Gasteiger partial charge in [-0.3, -0.25) is 0 Å². The van der Waals surface area contributed by atoms with Crippen molar-refractivity contribution in [2.75, 3.05) is 13.1 Å².